The Morgan fingerprint density at radius 3 is 2.36 bits per heavy atom. The number of esters is 1. The Balaban J connectivity index is 1.25. The minimum Gasteiger partial charge on any atom is -0.463 e. The first-order valence-electron chi connectivity index (χ1n) is 12.8. The molecule has 1 saturated heterocycles. The molecule has 2 saturated carbocycles. The van der Waals surface area contributed by atoms with Crippen molar-refractivity contribution in [2.75, 3.05) is 26.7 Å². The van der Waals surface area contributed by atoms with Crippen molar-refractivity contribution in [3.63, 3.8) is 0 Å². The van der Waals surface area contributed by atoms with Crippen molar-refractivity contribution < 1.29 is 19.1 Å². The number of aliphatic hydroxyl groups is 1. The van der Waals surface area contributed by atoms with Crippen LogP contribution in [0.15, 0.2) is 47.8 Å². The topological polar surface area (TPSA) is 46.5 Å². The van der Waals surface area contributed by atoms with Gasteiger partial charge in [0.2, 0.25) is 0 Å². The molecule has 33 heavy (non-hydrogen) atoms. The van der Waals surface area contributed by atoms with Crippen LogP contribution in [0.2, 0.25) is 0 Å². The summed E-state index contributed by atoms with van der Waals surface area (Å²) in [7, 11) is 2.39. The minimum absolute atomic E-state index is 0.0358. The fourth-order valence-electron chi connectivity index (χ4n) is 7.09. The highest BCUT2D eigenvalue weighted by Gasteiger charge is 2.51. The van der Waals surface area contributed by atoms with Crippen LogP contribution in [-0.4, -0.2) is 42.3 Å². The number of carbonyl (C=O) groups is 1. The van der Waals surface area contributed by atoms with E-state index in [0.717, 1.165) is 54.7 Å². The highest BCUT2D eigenvalue weighted by Crippen LogP contribution is 2.46. The third-order valence-corrected chi connectivity index (χ3v) is 9.68. The van der Waals surface area contributed by atoms with Gasteiger partial charge in [-0.25, -0.2) is 4.79 Å². The third kappa shape index (κ3) is 4.65. The Morgan fingerprint density at radius 2 is 1.73 bits per heavy atom. The summed E-state index contributed by atoms with van der Waals surface area (Å²) in [6, 6.07) is 14.6. The van der Waals surface area contributed by atoms with E-state index in [4.69, 9.17) is 4.74 Å². The quantitative estimate of drug-likeness (QED) is 0.439. The number of hydrogen-bond donors (Lipinski definition) is 1. The Bertz CT molecular complexity index is 910. The van der Waals surface area contributed by atoms with E-state index < -0.39 is 11.6 Å². The zero-order chi connectivity index (χ0) is 22.9. The number of benzene rings is 1. The number of fused-ring (bicyclic) bond motifs is 2. The van der Waals surface area contributed by atoms with Crippen molar-refractivity contribution in [1.82, 2.24) is 0 Å². The van der Waals surface area contributed by atoms with E-state index in [9.17, 15) is 9.90 Å². The average Bonchev–Trinajstić information content (AvgIpc) is 3.45. The number of piperidine rings is 1. The second-order valence-corrected chi connectivity index (χ2v) is 12.0. The van der Waals surface area contributed by atoms with E-state index in [1.165, 1.54) is 36.2 Å². The molecule has 0 radical (unpaired) electrons. The largest absolute Gasteiger partial charge is 0.463 e. The zero-order valence-electron chi connectivity index (χ0n) is 19.8. The summed E-state index contributed by atoms with van der Waals surface area (Å²) in [4.78, 5) is 14.2. The molecule has 2 bridgehead atoms. The van der Waals surface area contributed by atoms with Gasteiger partial charge in [0.1, 0.15) is 6.54 Å². The van der Waals surface area contributed by atoms with Gasteiger partial charge in [0.25, 0.3) is 0 Å². The lowest BCUT2D eigenvalue weighted by Gasteiger charge is -2.45. The Morgan fingerprint density at radius 1 is 1.03 bits per heavy atom. The van der Waals surface area contributed by atoms with E-state index in [1.807, 2.05) is 17.5 Å². The van der Waals surface area contributed by atoms with Gasteiger partial charge in [-0.15, -0.1) is 11.3 Å². The normalized spacial score (nSPS) is 31.8. The van der Waals surface area contributed by atoms with Crippen LogP contribution in [-0.2, 0) is 21.7 Å². The number of quaternary nitrogens is 1. The molecule has 3 atom stereocenters. The number of carbonyl (C=O) groups excluding carboxylic acids is 1. The maximum Gasteiger partial charge on any atom is 0.344 e. The zero-order valence-corrected chi connectivity index (χ0v) is 20.6. The summed E-state index contributed by atoms with van der Waals surface area (Å²) in [5.74, 6) is 1.16. The third-order valence-electron chi connectivity index (χ3n) is 8.69. The van der Waals surface area contributed by atoms with Gasteiger partial charge in [0.05, 0.1) is 26.7 Å². The van der Waals surface area contributed by atoms with Gasteiger partial charge < -0.3 is 14.3 Å². The lowest BCUT2D eigenvalue weighted by molar-refractivity contribution is -0.933. The van der Waals surface area contributed by atoms with Gasteiger partial charge in [-0.1, -0.05) is 55.7 Å². The highest BCUT2D eigenvalue weighted by molar-refractivity contribution is 7.10. The van der Waals surface area contributed by atoms with Crippen LogP contribution in [0.5, 0.6) is 0 Å². The second-order valence-electron chi connectivity index (χ2n) is 11.1. The number of likely N-dealkylation sites (tertiary alicyclic amines) is 1. The molecule has 5 rings (SSSR count). The number of thiophene rings is 1. The van der Waals surface area contributed by atoms with Crippen LogP contribution in [0.4, 0.5) is 0 Å². The Labute approximate surface area is 202 Å². The predicted octanol–water partition coefficient (Wildman–Crippen LogP) is 5.36. The van der Waals surface area contributed by atoms with Crippen LogP contribution in [0.1, 0.15) is 55.4 Å². The molecule has 3 unspecified atom stereocenters. The highest BCUT2D eigenvalue weighted by atomic mass is 32.1. The monoisotopic (exact) mass is 468 g/mol. The number of hydrogen-bond acceptors (Lipinski definition) is 4. The summed E-state index contributed by atoms with van der Waals surface area (Å²) < 4.78 is 7.08. The molecule has 4 nitrogen and oxygen atoms in total. The average molecular weight is 469 g/mol. The van der Waals surface area contributed by atoms with Gasteiger partial charge >= 0.3 is 5.97 Å². The molecule has 1 aromatic heterocycles. The molecular weight excluding hydrogens is 430 g/mol. The molecule has 1 aliphatic heterocycles. The smallest absolute Gasteiger partial charge is 0.344 e. The molecular formula is C28H38NO3S+. The number of nitrogens with zero attached hydrogens (tertiary/aromatic N) is 1. The van der Waals surface area contributed by atoms with Crippen LogP contribution in [0.25, 0.3) is 0 Å². The molecule has 2 heterocycles. The summed E-state index contributed by atoms with van der Waals surface area (Å²) in [6.07, 6.45) is 7.60. The maximum atomic E-state index is 13.4. The van der Waals surface area contributed by atoms with E-state index >= 15 is 0 Å². The van der Waals surface area contributed by atoms with Crippen LogP contribution < -0.4 is 0 Å². The minimum atomic E-state index is -1.49. The van der Waals surface area contributed by atoms with Crippen molar-refractivity contribution in [1.29, 1.82) is 0 Å². The summed E-state index contributed by atoms with van der Waals surface area (Å²) >= 11 is 1.47. The van der Waals surface area contributed by atoms with Gasteiger partial charge in [-0.3, -0.25) is 0 Å². The fraction of sp³-hybridized carbons (Fsp3) is 0.607. The molecule has 5 heteroatoms. The van der Waals surface area contributed by atoms with Gasteiger partial charge in [0, 0.05) is 34.1 Å². The molecule has 1 aromatic carbocycles. The fourth-order valence-corrected chi connectivity index (χ4v) is 7.98. The summed E-state index contributed by atoms with van der Waals surface area (Å²) in [5.41, 5.74) is -0.0852. The molecule has 2 aromatic rings. The Kier molecular flexibility index (Phi) is 6.65. The molecule has 0 amide bonds. The second kappa shape index (κ2) is 9.52. The van der Waals surface area contributed by atoms with Gasteiger partial charge in [-0.2, -0.15) is 0 Å². The van der Waals surface area contributed by atoms with Gasteiger partial charge in [0.15, 0.2) is 5.60 Å². The lowest BCUT2D eigenvalue weighted by Crippen LogP contribution is -2.55. The van der Waals surface area contributed by atoms with Crippen molar-refractivity contribution >= 4 is 17.3 Å². The van der Waals surface area contributed by atoms with Crippen molar-refractivity contribution in [2.45, 2.75) is 57.1 Å². The standard InChI is InChI=1S/C28H38NO3S/c1-29(17-21-9-4-2-5-10-21)18-22-14-15-23(19-29)25(22)20-32-27(30)28(31,26-13-8-16-33-26)24-11-6-3-7-12-24/h2,4-5,8-10,13,16,22-25,31H,3,6-7,11-12,14-15,17-20H2,1H3/q+1. The van der Waals surface area contributed by atoms with Crippen LogP contribution in [0.3, 0.4) is 0 Å². The lowest BCUT2D eigenvalue weighted by atomic mass is 9.76. The van der Waals surface area contributed by atoms with E-state index in [1.54, 1.807) is 0 Å². The van der Waals surface area contributed by atoms with Crippen molar-refractivity contribution in [2.24, 2.45) is 23.7 Å². The first-order valence-corrected chi connectivity index (χ1v) is 13.7. The Hall–Kier alpha value is -1.69. The van der Waals surface area contributed by atoms with E-state index in [0.29, 0.717) is 24.4 Å². The van der Waals surface area contributed by atoms with Crippen LogP contribution in [0, 0.1) is 23.7 Å². The predicted molar refractivity (Wildman–Crippen MR) is 132 cm³/mol. The molecule has 178 valence electrons. The number of ether oxygens (including phenoxy) is 1. The first-order chi connectivity index (χ1) is 16.0. The molecule has 3 fully saturated rings. The molecule has 3 aliphatic rings. The summed E-state index contributed by atoms with van der Waals surface area (Å²) in [5, 5.41) is 13.7. The number of rotatable bonds is 7. The van der Waals surface area contributed by atoms with Crippen molar-refractivity contribution in [3.05, 3.63) is 58.3 Å². The van der Waals surface area contributed by atoms with Crippen LogP contribution >= 0.6 is 11.3 Å². The van der Waals surface area contributed by atoms with Crippen molar-refractivity contribution in [3.8, 4) is 0 Å². The molecule has 2 aliphatic carbocycles. The maximum absolute atomic E-state index is 13.4. The summed E-state index contributed by atoms with van der Waals surface area (Å²) in [6.45, 7) is 3.82. The van der Waals surface area contributed by atoms with E-state index in [-0.39, 0.29) is 5.92 Å². The molecule has 1 N–H and O–H groups in total. The molecule has 0 spiro atoms. The SMILES string of the molecule is C[N+]1(Cc2ccccc2)CC2CCC(C1)C2COC(=O)C(O)(c1cccs1)C1CCCCC1. The first kappa shape index (κ1) is 23.1. The van der Waals surface area contributed by atoms with Gasteiger partial charge in [-0.05, 0) is 37.1 Å². The van der Waals surface area contributed by atoms with E-state index in [2.05, 4.69) is 37.4 Å².